The molecular weight excluding hydrogens is 439 g/mol. The summed E-state index contributed by atoms with van der Waals surface area (Å²) in [5, 5.41) is 0. The van der Waals surface area contributed by atoms with Crippen molar-refractivity contribution >= 4 is 31.1 Å². The molecule has 0 heterocycles. The van der Waals surface area contributed by atoms with Gasteiger partial charge in [0.15, 0.2) is 0 Å². The Hall–Kier alpha value is 0.000649. The van der Waals surface area contributed by atoms with Gasteiger partial charge < -0.3 is 17.8 Å². The number of carbonyl (C=O) groups is 1. The van der Waals surface area contributed by atoms with E-state index in [2.05, 4.69) is 79.2 Å². The van der Waals surface area contributed by atoms with Gasteiger partial charge in [-0.3, -0.25) is 4.79 Å². The van der Waals surface area contributed by atoms with Crippen LogP contribution in [0.4, 0.5) is 0 Å². The maximum Gasteiger partial charge on any atom is 0.334 e. The van der Waals surface area contributed by atoms with Crippen molar-refractivity contribution in [3.05, 3.63) is 0 Å². The lowest BCUT2D eigenvalue weighted by molar-refractivity contribution is -0.136. The van der Waals surface area contributed by atoms with Crippen molar-refractivity contribution in [2.45, 2.75) is 117 Å². The second kappa shape index (κ2) is 13.6. The molecule has 1 unspecified atom stereocenters. The van der Waals surface area contributed by atoms with Crippen LogP contribution in [0.2, 0.25) is 48.9 Å². The lowest BCUT2D eigenvalue weighted by Crippen LogP contribution is -2.54. The Morgan fingerprint density at radius 2 is 1.42 bits per heavy atom. The van der Waals surface area contributed by atoms with Gasteiger partial charge in [-0.25, -0.2) is 0 Å². The van der Waals surface area contributed by atoms with E-state index in [1.807, 2.05) is 0 Å². The van der Waals surface area contributed by atoms with E-state index in [9.17, 15) is 4.79 Å². The lowest BCUT2D eigenvalue weighted by Gasteiger charge is -2.42. The number of unbranched alkanes of at least 4 members (excludes halogenated alkanes) is 1. The van der Waals surface area contributed by atoms with Crippen LogP contribution in [0.5, 0.6) is 0 Å². The molecule has 8 heteroatoms. The topological polar surface area (TPSA) is 48.0 Å². The predicted octanol–water partition coefficient (Wildman–Crippen LogP) is 6.77. The number of hydrogen-bond donors (Lipinski definition) is 0. The molecule has 0 aliphatic carbocycles. The van der Waals surface area contributed by atoms with E-state index in [1.54, 1.807) is 7.11 Å². The number of carbonyl (C=O) groups excluding carboxylic acids is 1. The van der Waals surface area contributed by atoms with Gasteiger partial charge in [0.25, 0.3) is 8.32 Å². The highest BCUT2D eigenvalue weighted by Crippen LogP contribution is 2.42. The fourth-order valence-corrected chi connectivity index (χ4v) is 13.3. The molecule has 0 N–H and O–H groups in total. The van der Waals surface area contributed by atoms with Gasteiger partial charge in [0.1, 0.15) is 8.24 Å². The maximum atomic E-state index is 13.1. The van der Waals surface area contributed by atoms with Crippen LogP contribution in [0.3, 0.4) is 0 Å². The number of nitrogens with zero attached hydrogens (tertiary/aromatic N) is 1. The highest BCUT2D eigenvalue weighted by atomic mass is 28.4. The summed E-state index contributed by atoms with van der Waals surface area (Å²) < 4.78 is 20.6. The largest absolute Gasteiger partial charge is 0.517 e. The third-order valence-corrected chi connectivity index (χ3v) is 17.8. The summed E-state index contributed by atoms with van der Waals surface area (Å²) in [4.78, 5) is 13.1. The summed E-state index contributed by atoms with van der Waals surface area (Å²) >= 11 is 0. The molecule has 0 aliphatic rings. The van der Waals surface area contributed by atoms with Gasteiger partial charge in [-0.05, 0) is 48.6 Å². The van der Waals surface area contributed by atoms with Crippen LogP contribution < -0.4 is 0 Å². The van der Waals surface area contributed by atoms with Gasteiger partial charge in [0, 0.05) is 13.7 Å². The normalized spacial score (nSPS) is 15.2. The summed E-state index contributed by atoms with van der Waals surface area (Å²) in [7, 11) is -4.10. The Balaban J connectivity index is 5.07. The Morgan fingerprint density at radius 1 is 0.903 bits per heavy atom. The molecule has 0 aromatic carbocycles. The molecule has 0 radical (unpaired) electrons. The minimum absolute atomic E-state index is 0.0208. The van der Waals surface area contributed by atoms with E-state index in [0.717, 1.165) is 38.5 Å². The third kappa shape index (κ3) is 9.80. The van der Waals surface area contributed by atoms with Crippen LogP contribution in [0.15, 0.2) is 0 Å². The fraction of sp³-hybridized carbons (Fsp3) is 0.957. The Kier molecular flexibility index (Phi) is 13.6. The van der Waals surface area contributed by atoms with E-state index in [0.29, 0.717) is 23.2 Å². The molecule has 0 aromatic rings. The fourth-order valence-electron chi connectivity index (χ4n) is 4.69. The molecule has 31 heavy (non-hydrogen) atoms. The monoisotopic (exact) mass is 491 g/mol. The van der Waals surface area contributed by atoms with E-state index < -0.39 is 25.1 Å². The van der Waals surface area contributed by atoms with Crippen molar-refractivity contribution in [1.29, 1.82) is 0 Å². The molecule has 0 aliphatic heterocycles. The van der Waals surface area contributed by atoms with E-state index >= 15 is 0 Å². The van der Waals surface area contributed by atoms with Gasteiger partial charge in [-0.15, -0.1) is 0 Å². The van der Waals surface area contributed by atoms with Gasteiger partial charge in [0.2, 0.25) is 0 Å². The van der Waals surface area contributed by atoms with Crippen molar-refractivity contribution in [2.75, 3.05) is 26.8 Å². The summed E-state index contributed by atoms with van der Waals surface area (Å²) in [5.41, 5.74) is 1.24. The number of hydrogen-bond acceptors (Lipinski definition) is 5. The molecule has 186 valence electrons. The second-order valence-corrected chi connectivity index (χ2v) is 24.8. The van der Waals surface area contributed by atoms with Gasteiger partial charge in [-0.1, -0.05) is 74.5 Å². The quantitative estimate of drug-likeness (QED) is 0.176. The first-order chi connectivity index (χ1) is 14.2. The Labute approximate surface area is 197 Å². The summed E-state index contributed by atoms with van der Waals surface area (Å²) in [6, 6.07) is 0.998. The average molecular weight is 492 g/mol. The van der Waals surface area contributed by atoms with Crippen LogP contribution in [-0.2, 0) is 18.1 Å². The van der Waals surface area contributed by atoms with Crippen molar-refractivity contribution in [3.63, 3.8) is 0 Å². The first-order valence-corrected chi connectivity index (χ1v) is 20.4. The molecule has 0 bridgehead atoms. The van der Waals surface area contributed by atoms with Crippen molar-refractivity contribution in [2.24, 2.45) is 0 Å². The molecule has 0 spiro atoms. The van der Waals surface area contributed by atoms with Gasteiger partial charge in [0.05, 0.1) is 6.54 Å². The number of rotatable bonds is 16. The SMILES string of the molecule is CCCO[Si](C)(CCCCN(CC(=O)O[Si](C(C)C)(C(C)C)C(C)C)[Si](C)(C)C)OC. The zero-order valence-corrected chi connectivity index (χ0v) is 25.8. The van der Waals surface area contributed by atoms with Crippen LogP contribution in [0.1, 0.15) is 67.7 Å². The van der Waals surface area contributed by atoms with Gasteiger partial charge >= 0.3 is 14.5 Å². The first kappa shape index (κ1) is 31.0. The minimum atomic E-state index is -2.19. The first-order valence-electron chi connectivity index (χ1n) is 12.3. The Morgan fingerprint density at radius 3 is 1.81 bits per heavy atom. The van der Waals surface area contributed by atoms with Crippen LogP contribution >= 0.6 is 0 Å². The molecule has 0 saturated heterocycles. The summed E-state index contributed by atoms with van der Waals surface area (Å²) in [6.45, 7) is 26.7. The molecule has 5 nitrogen and oxygen atoms in total. The predicted molar refractivity (Wildman–Crippen MR) is 141 cm³/mol. The van der Waals surface area contributed by atoms with E-state index in [1.165, 1.54) is 0 Å². The van der Waals surface area contributed by atoms with Crippen molar-refractivity contribution < 1.29 is 18.1 Å². The molecule has 1 atom stereocenters. The van der Waals surface area contributed by atoms with Crippen LogP contribution in [0, 0.1) is 0 Å². The van der Waals surface area contributed by atoms with Crippen molar-refractivity contribution in [3.8, 4) is 0 Å². The third-order valence-electron chi connectivity index (χ3n) is 6.62. The van der Waals surface area contributed by atoms with Gasteiger partial charge in [-0.2, -0.15) is 0 Å². The highest BCUT2D eigenvalue weighted by molar-refractivity contribution is 6.79. The second-order valence-electron chi connectivity index (χ2n) is 11.0. The molecule has 0 saturated carbocycles. The van der Waals surface area contributed by atoms with Crippen molar-refractivity contribution in [1.82, 2.24) is 4.57 Å². The standard InChI is InChI=1S/C23H53NO4Si3/c1-13-17-27-30(12,26-8)18-15-14-16-24(29(9,10)11)19-23(25)28-31(20(2)3,21(4)5)22(6)7/h20-22H,13-19H2,1-12H3. The molecule has 0 aromatic heterocycles. The van der Waals surface area contributed by atoms with E-state index in [4.69, 9.17) is 13.3 Å². The zero-order chi connectivity index (χ0) is 24.5. The smallest absolute Gasteiger partial charge is 0.334 e. The van der Waals surface area contributed by atoms with Crippen LogP contribution in [-0.4, -0.2) is 62.5 Å². The molecule has 0 rings (SSSR count). The zero-order valence-electron chi connectivity index (χ0n) is 22.8. The highest BCUT2D eigenvalue weighted by Gasteiger charge is 2.48. The molecule has 0 fully saturated rings. The summed E-state index contributed by atoms with van der Waals surface area (Å²) in [6.07, 6.45) is 3.14. The molecule has 0 amide bonds. The Bertz CT molecular complexity index is 502. The lowest BCUT2D eigenvalue weighted by atomic mass is 10.3. The van der Waals surface area contributed by atoms with E-state index in [-0.39, 0.29) is 5.97 Å². The average Bonchev–Trinajstić information content (AvgIpc) is 2.65. The maximum absolute atomic E-state index is 13.1. The molecular formula is C23H53NO4Si3. The summed E-state index contributed by atoms with van der Waals surface area (Å²) in [5.74, 6) is -0.0208. The minimum Gasteiger partial charge on any atom is -0.517 e. The van der Waals surface area contributed by atoms with Crippen LogP contribution in [0.25, 0.3) is 0 Å².